The number of nitrogens with one attached hydrogen (secondary N) is 1. The number of thiophene rings is 1. The summed E-state index contributed by atoms with van der Waals surface area (Å²) in [6.07, 6.45) is -0.645. The molecule has 0 aliphatic carbocycles. The molecule has 1 amide bonds. The lowest BCUT2D eigenvalue weighted by Crippen LogP contribution is -2.37. The molecule has 0 atom stereocenters. The van der Waals surface area contributed by atoms with E-state index in [9.17, 15) is 18.8 Å². The Labute approximate surface area is 208 Å². The van der Waals surface area contributed by atoms with Crippen molar-refractivity contribution in [3.8, 4) is 6.07 Å². The fourth-order valence-corrected chi connectivity index (χ4v) is 4.22. The van der Waals surface area contributed by atoms with E-state index < -0.39 is 12.3 Å². The van der Waals surface area contributed by atoms with Gasteiger partial charge < -0.3 is 9.47 Å². The third-order valence-electron chi connectivity index (χ3n) is 5.91. The number of rotatable bonds is 10. The van der Waals surface area contributed by atoms with Gasteiger partial charge in [0, 0.05) is 30.7 Å². The van der Waals surface area contributed by atoms with Crippen LogP contribution in [-0.2, 0) is 6.54 Å². The molecule has 0 radical (unpaired) electrons. The molecule has 2 aromatic heterocycles. The average Bonchev–Trinajstić information content (AvgIpc) is 3.42. The number of benzene rings is 1. The van der Waals surface area contributed by atoms with Crippen LogP contribution in [-0.4, -0.2) is 65.0 Å². The highest BCUT2D eigenvalue weighted by molar-refractivity contribution is 7.14. The molecule has 1 N–H and O–H groups in total. The van der Waals surface area contributed by atoms with Gasteiger partial charge in [0.1, 0.15) is 0 Å². The summed E-state index contributed by atoms with van der Waals surface area (Å²) in [5, 5.41) is 12.4. The second-order valence-corrected chi connectivity index (χ2v) is 10.2. The van der Waals surface area contributed by atoms with E-state index in [-0.39, 0.29) is 15.3 Å². The van der Waals surface area contributed by atoms with Gasteiger partial charge in [0.05, 0.1) is 26.9 Å². The van der Waals surface area contributed by atoms with E-state index in [2.05, 4.69) is 35.1 Å². The Kier molecular flexibility index (Phi) is 8.38. The van der Waals surface area contributed by atoms with Crippen LogP contribution < -0.4 is 5.32 Å². The van der Waals surface area contributed by atoms with Crippen molar-refractivity contribution < 1.29 is 13.6 Å². The summed E-state index contributed by atoms with van der Waals surface area (Å²) in [6, 6.07) is 12.5. The highest BCUT2D eigenvalue weighted by Crippen LogP contribution is 2.28. The van der Waals surface area contributed by atoms with Crippen LogP contribution in [0.5, 0.6) is 0 Å². The van der Waals surface area contributed by atoms with Crippen molar-refractivity contribution in [3.63, 3.8) is 0 Å². The van der Waals surface area contributed by atoms with Crippen LogP contribution in [0.25, 0.3) is 11.0 Å². The van der Waals surface area contributed by atoms with Crippen LogP contribution in [0.2, 0.25) is 0 Å². The summed E-state index contributed by atoms with van der Waals surface area (Å²) in [6.45, 7) is 5.69. The van der Waals surface area contributed by atoms with E-state index in [4.69, 9.17) is 0 Å². The van der Waals surface area contributed by atoms with Gasteiger partial charge in [-0.3, -0.25) is 15.0 Å². The highest BCUT2D eigenvalue weighted by Gasteiger charge is 2.20. The van der Waals surface area contributed by atoms with Gasteiger partial charge in [-0.15, -0.1) is 11.3 Å². The first-order valence-corrected chi connectivity index (χ1v) is 12.0. The summed E-state index contributed by atoms with van der Waals surface area (Å²) >= 11 is 0.767. The minimum Gasteiger partial charge on any atom is -0.309 e. The Balaban J connectivity index is 1.77. The number of para-hydroxylation sites is 2. The standard InChI is InChI=1S/C25H30F2N6OS/c1-25(2,31(3)4)14-17(15-28)16-32(5)12-13-33-19-9-7-6-8-18(19)29-24(33)30-23(34)21-11-10-20(35-21)22(26)27/h6-11,14,22H,12-13,16H2,1-5H3,(H,29,30,34). The van der Waals surface area contributed by atoms with Crippen molar-refractivity contribution >= 4 is 34.2 Å². The molecule has 0 aliphatic rings. The lowest BCUT2D eigenvalue weighted by Gasteiger charge is -2.30. The Morgan fingerprint density at radius 3 is 2.60 bits per heavy atom. The van der Waals surface area contributed by atoms with E-state index in [0.29, 0.717) is 31.2 Å². The molecule has 35 heavy (non-hydrogen) atoms. The van der Waals surface area contributed by atoms with Crippen LogP contribution in [0.3, 0.4) is 0 Å². The number of alkyl halides is 2. The summed E-state index contributed by atoms with van der Waals surface area (Å²) < 4.78 is 27.7. The maximum absolute atomic E-state index is 12.9. The average molecular weight is 501 g/mol. The zero-order valence-corrected chi connectivity index (χ0v) is 21.4. The molecule has 0 spiro atoms. The number of carbonyl (C=O) groups is 1. The van der Waals surface area contributed by atoms with E-state index in [1.807, 2.05) is 61.0 Å². The molecule has 0 bridgehead atoms. The highest BCUT2D eigenvalue weighted by atomic mass is 32.1. The largest absolute Gasteiger partial charge is 0.309 e. The molecule has 3 rings (SSSR count). The number of carbonyl (C=O) groups excluding carboxylic acids is 1. The molecule has 186 valence electrons. The van der Waals surface area contributed by atoms with Gasteiger partial charge in [-0.25, -0.2) is 13.8 Å². The number of hydrogen-bond donors (Lipinski definition) is 1. The first-order chi connectivity index (χ1) is 16.5. The normalized spacial score (nSPS) is 12.7. The zero-order chi connectivity index (χ0) is 25.8. The monoisotopic (exact) mass is 500 g/mol. The maximum Gasteiger partial charge on any atom is 0.272 e. The number of halogens is 2. The van der Waals surface area contributed by atoms with Crippen LogP contribution in [0.15, 0.2) is 48.0 Å². The molecule has 10 heteroatoms. The second-order valence-electron chi connectivity index (χ2n) is 9.10. The second kappa shape index (κ2) is 11.1. The molecule has 7 nitrogen and oxygen atoms in total. The smallest absolute Gasteiger partial charge is 0.272 e. The molecule has 0 saturated heterocycles. The predicted molar refractivity (Wildman–Crippen MR) is 136 cm³/mol. The molecule has 0 unspecified atom stereocenters. The first-order valence-electron chi connectivity index (χ1n) is 11.1. The molecular weight excluding hydrogens is 470 g/mol. The van der Waals surface area contributed by atoms with Gasteiger partial charge in [-0.05, 0) is 65.3 Å². The number of imidazole rings is 1. The van der Waals surface area contributed by atoms with E-state index >= 15 is 0 Å². The van der Waals surface area contributed by atoms with Crippen LogP contribution >= 0.6 is 11.3 Å². The van der Waals surface area contributed by atoms with Gasteiger partial charge in [-0.2, -0.15) is 5.26 Å². The van der Waals surface area contributed by atoms with Crippen molar-refractivity contribution in [3.05, 3.63) is 57.8 Å². The van der Waals surface area contributed by atoms with Crippen molar-refractivity contribution in [2.45, 2.75) is 32.4 Å². The van der Waals surface area contributed by atoms with Crippen LogP contribution in [0, 0.1) is 11.3 Å². The topological polar surface area (TPSA) is 77.2 Å². The Bertz CT molecular complexity index is 1250. The minimum absolute atomic E-state index is 0.149. The lowest BCUT2D eigenvalue weighted by molar-refractivity contribution is 0.102. The fraction of sp³-hybridized carbons (Fsp3) is 0.400. The number of fused-ring (bicyclic) bond motifs is 1. The molecular formula is C25H30F2N6OS. The van der Waals surface area contributed by atoms with Crippen LogP contribution in [0.1, 0.15) is 34.8 Å². The van der Waals surface area contributed by atoms with Gasteiger partial charge in [0.15, 0.2) is 0 Å². The summed E-state index contributed by atoms with van der Waals surface area (Å²) in [5.74, 6) is -0.131. The Morgan fingerprint density at radius 2 is 1.97 bits per heavy atom. The molecule has 0 aliphatic heterocycles. The van der Waals surface area contributed by atoms with Gasteiger partial charge in [-0.1, -0.05) is 12.1 Å². The van der Waals surface area contributed by atoms with E-state index in [1.54, 1.807) is 0 Å². The third kappa shape index (κ3) is 6.51. The number of anilines is 1. The number of nitriles is 1. The van der Waals surface area contributed by atoms with Gasteiger partial charge in [0.25, 0.3) is 12.3 Å². The minimum atomic E-state index is -2.61. The molecule has 0 saturated carbocycles. The fourth-order valence-electron chi connectivity index (χ4n) is 3.46. The van der Waals surface area contributed by atoms with Crippen molar-refractivity contribution in [1.82, 2.24) is 19.4 Å². The van der Waals surface area contributed by atoms with E-state index in [0.717, 1.165) is 22.4 Å². The summed E-state index contributed by atoms with van der Waals surface area (Å²) in [5.41, 5.74) is 1.98. The van der Waals surface area contributed by atoms with Gasteiger partial charge in [0.2, 0.25) is 5.95 Å². The van der Waals surface area contributed by atoms with Crippen molar-refractivity contribution in [2.75, 3.05) is 39.5 Å². The summed E-state index contributed by atoms with van der Waals surface area (Å²) in [4.78, 5) is 21.4. The van der Waals surface area contributed by atoms with Crippen molar-refractivity contribution in [2.24, 2.45) is 0 Å². The number of likely N-dealkylation sites (N-methyl/N-ethyl adjacent to an activating group) is 2. The SMILES string of the molecule is CN(CCn1c(NC(=O)c2ccc(C(F)F)s2)nc2ccccc21)CC(C#N)=CC(C)(C)N(C)C. The number of aromatic nitrogens is 2. The third-order valence-corrected chi connectivity index (χ3v) is 7.01. The Morgan fingerprint density at radius 1 is 1.26 bits per heavy atom. The summed E-state index contributed by atoms with van der Waals surface area (Å²) in [7, 11) is 5.88. The van der Waals surface area contributed by atoms with E-state index in [1.165, 1.54) is 12.1 Å². The molecule has 1 aromatic carbocycles. The maximum atomic E-state index is 12.9. The van der Waals surface area contributed by atoms with Gasteiger partial charge >= 0.3 is 0 Å². The number of nitrogens with zero attached hydrogens (tertiary/aromatic N) is 5. The zero-order valence-electron chi connectivity index (χ0n) is 20.5. The molecule has 3 aromatic rings. The van der Waals surface area contributed by atoms with Crippen LogP contribution in [0.4, 0.5) is 14.7 Å². The first kappa shape index (κ1) is 26.5. The van der Waals surface area contributed by atoms with Crippen molar-refractivity contribution in [1.29, 1.82) is 5.26 Å². The Hall–Kier alpha value is -3.13. The lowest BCUT2D eigenvalue weighted by atomic mass is 10.00. The predicted octanol–water partition coefficient (Wildman–Crippen LogP) is 5.01. The number of hydrogen-bond acceptors (Lipinski definition) is 6. The number of amides is 1. The quantitative estimate of drug-likeness (QED) is 0.396. The molecule has 2 heterocycles. The molecule has 0 fully saturated rings.